The summed E-state index contributed by atoms with van der Waals surface area (Å²) in [6, 6.07) is 49.6. The van der Waals surface area contributed by atoms with Crippen LogP contribution in [0.2, 0.25) is 0 Å². The molecule has 53 heavy (non-hydrogen) atoms. The van der Waals surface area contributed by atoms with Crippen LogP contribution in [0.3, 0.4) is 0 Å². The first kappa shape index (κ1) is 29.2. The third-order valence-corrected chi connectivity index (χ3v) is 12.0. The van der Waals surface area contributed by atoms with Crippen LogP contribution in [0.25, 0.3) is 104 Å². The highest BCUT2D eigenvalue weighted by Crippen LogP contribution is 2.47. The lowest BCUT2D eigenvalue weighted by molar-refractivity contribution is 0.811. The van der Waals surface area contributed by atoms with Crippen LogP contribution in [0.5, 0.6) is 0 Å². The summed E-state index contributed by atoms with van der Waals surface area (Å²) in [5.74, 6) is 1.66. The van der Waals surface area contributed by atoms with E-state index in [9.17, 15) is 0 Å². The smallest absolute Gasteiger partial charge is 0.145 e. The van der Waals surface area contributed by atoms with Crippen LogP contribution in [-0.2, 0) is 0 Å². The van der Waals surface area contributed by atoms with Gasteiger partial charge in [-0.15, -0.1) is 0 Å². The largest absolute Gasteiger partial charge is 0.308 e. The second-order valence-electron chi connectivity index (χ2n) is 15.5. The van der Waals surface area contributed by atoms with E-state index < -0.39 is 0 Å². The number of benzene rings is 7. The highest BCUT2D eigenvalue weighted by Gasteiger charge is 2.27. The fourth-order valence-corrected chi connectivity index (χ4v) is 9.82. The monoisotopic (exact) mass is 680 g/mol. The molecule has 0 saturated carbocycles. The average molecular weight is 681 g/mol. The average Bonchev–Trinajstić information content (AvgIpc) is 3.98. The lowest BCUT2D eigenvalue weighted by Gasteiger charge is -2.23. The van der Waals surface area contributed by atoms with Crippen LogP contribution in [0.15, 0.2) is 133 Å². The highest BCUT2D eigenvalue weighted by molar-refractivity contribution is 6.31. The van der Waals surface area contributed by atoms with Gasteiger partial charge in [-0.3, -0.25) is 4.57 Å². The van der Waals surface area contributed by atoms with E-state index in [1.165, 1.54) is 98.5 Å². The molecule has 4 heteroatoms. The first-order valence-corrected chi connectivity index (χ1v) is 18.9. The van der Waals surface area contributed by atoms with Crippen LogP contribution in [0.1, 0.15) is 50.7 Å². The summed E-state index contributed by atoms with van der Waals surface area (Å²) in [4.78, 5) is 5.47. The molecule has 0 saturated heterocycles. The molecule has 0 radical (unpaired) electrons. The van der Waals surface area contributed by atoms with Gasteiger partial charge in [-0.2, -0.15) is 0 Å². The Morgan fingerprint density at radius 1 is 0.434 bits per heavy atom. The summed E-state index contributed by atoms with van der Waals surface area (Å²) < 4.78 is 7.55. The second kappa shape index (κ2) is 10.1. The van der Waals surface area contributed by atoms with E-state index in [0.29, 0.717) is 11.8 Å². The summed E-state index contributed by atoms with van der Waals surface area (Å²) >= 11 is 0. The SMILES string of the molecule is CC(C)c1cccc(C(C)C)c1-n1c(-c2ccccc2)nc2ccc3c(c4cccc5c6cc7c(cc6n3c54)c3cccc4c5ccccc5n7c43)c21. The van der Waals surface area contributed by atoms with Crippen molar-refractivity contribution in [2.45, 2.75) is 39.5 Å². The van der Waals surface area contributed by atoms with E-state index in [1.807, 2.05) is 0 Å². The van der Waals surface area contributed by atoms with Crippen molar-refractivity contribution in [3.05, 3.63) is 145 Å². The molecule has 0 unspecified atom stereocenters. The van der Waals surface area contributed by atoms with Crippen LogP contribution in [0.4, 0.5) is 0 Å². The number of para-hydroxylation sites is 4. The predicted octanol–water partition coefficient (Wildman–Crippen LogP) is 13.2. The van der Waals surface area contributed by atoms with Gasteiger partial charge in [0.05, 0.1) is 49.8 Å². The summed E-state index contributed by atoms with van der Waals surface area (Å²) in [6.07, 6.45) is 0. The summed E-state index contributed by atoms with van der Waals surface area (Å²) in [7, 11) is 0. The quantitative estimate of drug-likeness (QED) is 0.182. The Hall–Kier alpha value is -6.39. The number of fused-ring (bicyclic) bond motifs is 14. The van der Waals surface area contributed by atoms with E-state index in [4.69, 9.17) is 4.98 Å². The molecule has 7 aromatic carbocycles. The Bertz CT molecular complexity index is 3420. The van der Waals surface area contributed by atoms with E-state index >= 15 is 0 Å². The maximum absolute atomic E-state index is 5.47. The van der Waals surface area contributed by atoms with Crippen molar-refractivity contribution in [3.8, 4) is 17.1 Å². The fraction of sp³-hybridized carbons (Fsp3) is 0.122. The molecule has 12 aromatic rings. The summed E-state index contributed by atoms with van der Waals surface area (Å²) in [5, 5.41) is 10.3. The van der Waals surface area contributed by atoms with Crippen molar-refractivity contribution in [1.82, 2.24) is 18.4 Å². The van der Waals surface area contributed by atoms with Gasteiger partial charge < -0.3 is 8.80 Å². The zero-order valence-corrected chi connectivity index (χ0v) is 30.1. The first-order valence-electron chi connectivity index (χ1n) is 18.9. The van der Waals surface area contributed by atoms with Crippen molar-refractivity contribution in [1.29, 1.82) is 0 Å². The van der Waals surface area contributed by atoms with E-state index in [2.05, 4.69) is 175 Å². The second-order valence-corrected chi connectivity index (χ2v) is 15.5. The number of aromatic nitrogens is 4. The van der Waals surface area contributed by atoms with E-state index in [0.717, 1.165) is 16.9 Å². The molecule has 252 valence electrons. The molecular formula is C49H36N4. The first-order chi connectivity index (χ1) is 26.0. The molecule has 0 spiro atoms. The van der Waals surface area contributed by atoms with E-state index in [-0.39, 0.29) is 0 Å². The van der Waals surface area contributed by atoms with Crippen LogP contribution >= 0.6 is 0 Å². The lowest BCUT2D eigenvalue weighted by atomic mass is 9.92. The molecule has 5 heterocycles. The normalized spacial score (nSPS) is 12.9. The number of hydrogen-bond donors (Lipinski definition) is 0. The van der Waals surface area contributed by atoms with Gasteiger partial charge in [0.2, 0.25) is 0 Å². The van der Waals surface area contributed by atoms with Crippen LogP contribution < -0.4 is 0 Å². The topological polar surface area (TPSA) is 26.6 Å². The number of hydrogen-bond acceptors (Lipinski definition) is 1. The lowest BCUT2D eigenvalue weighted by Crippen LogP contribution is -2.08. The number of imidazole rings is 1. The molecule has 0 aliphatic rings. The molecular weight excluding hydrogens is 645 g/mol. The van der Waals surface area contributed by atoms with Crippen LogP contribution in [-0.4, -0.2) is 18.4 Å². The Balaban J connectivity index is 1.28. The minimum absolute atomic E-state index is 0.339. The molecule has 12 rings (SSSR count). The zero-order valence-electron chi connectivity index (χ0n) is 30.1. The van der Waals surface area contributed by atoms with E-state index in [1.54, 1.807) is 0 Å². The van der Waals surface area contributed by atoms with Gasteiger partial charge in [0.25, 0.3) is 0 Å². The molecule has 0 aliphatic heterocycles. The zero-order chi connectivity index (χ0) is 35.3. The number of rotatable bonds is 4. The van der Waals surface area contributed by atoms with Gasteiger partial charge in [-0.05, 0) is 53.3 Å². The van der Waals surface area contributed by atoms with Gasteiger partial charge in [0, 0.05) is 48.7 Å². The minimum Gasteiger partial charge on any atom is -0.308 e. The summed E-state index contributed by atoms with van der Waals surface area (Å²) in [6.45, 7) is 9.24. The van der Waals surface area contributed by atoms with Crippen molar-refractivity contribution < 1.29 is 0 Å². The fourth-order valence-electron chi connectivity index (χ4n) is 9.82. The maximum Gasteiger partial charge on any atom is 0.145 e. The summed E-state index contributed by atoms with van der Waals surface area (Å²) in [5.41, 5.74) is 14.8. The molecule has 5 aromatic heterocycles. The third-order valence-electron chi connectivity index (χ3n) is 12.0. The van der Waals surface area contributed by atoms with Gasteiger partial charge in [-0.25, -0.2) is 4.98 Å². The minimum atomic E-state index is 0.339. The molecule has 0 aliphatic carbocycles. The standard InChI is InChI=1S/C49H36N4/c1-27(2)30-16-10-17-31(28(3)4)45(30)53-48-39(50-49(53)29-13-6-5-7-14-29)23-24-41-44(48)36-21-12-20-35-38-25-42-37(26-43(38)52(41)47(35)36)34-19-11-18-33-32-15-8-9-22-40(32)51(42)46(33)34/h5-28H,1-4H3. The van der Waals surface area contributed by atoms with Gasteiger partial charge in [0.15, 0.2) is 0 Å². The van der Waals surface area contributed by atoms with Crippen LogP contribution in [0, 0.1) is 0 Å². The van der Waals surface area contributed by atoms with Crippen molar-refractivity contribution in [2.24, 2.45) is 0 Å². The Kier molecular flexibility index (Phi) is 5.59. The molecule has 0 fully saturated rings. The Morgan fingerprint density at radius 3 is 1.66 bits per heavy atom. The maximum atomic E-state index is 5.47. The molecule has 0 atom stereocenters. The predicted molar refractivity (Wildman–Crippen MR) is 224 cm³/mol. The van der Waals surface area contributed by atoms with Crippen molar-refractivity contribution >= 4 is 87.2 Å². The molecule has 4 nitrogen and oxygen atoms in total. The molecule has 0 bridgehead atoms. The van der Waals surface area contributed by atoms with Gasteiger partial charge in [0.1, 0.15) is 5.82 Å². The number of nitrogens with zero attached hydrogens (tertiary/aromatic N) is 4. The molecule has 0 amide bonds. The van der Waals surface area contributed by atoms with Gasteiger partial charge >= 0.3 is 0 Å². The molecule has 0 N–H and O–H groups in total. The third kappa shape index (κ3) is 3.58. The van der Waals surface area contributed by atoms with Gasteiger partial charge in [-0.1, -0.05) is 131 Å². The Labute approximate surface area is 305 Å². The highest BCUT2D eigenvalue weighted by atomic mass is 15.1. The van der Waals surface area contributed by atoms with Crippen molar-refractivity contribution in [2.75, 3.05) is 0 Å². The van der Waals surface area contributed by atoms with Crippen molar-refractivity contribution in [3.63, 3.8) is 0 Å². The Morgan fingerprint density at radius 2 is 0.981 bits per heavy atom.